The highest BCUT2D eigenvalue weighted by Crippen LogP contribution is 2.26. The molecular formula is C25H26ClN3O4S. The van der Waals surface area contributed by atoms with Gasteiger partial charge in [-0.15, -0.1) is 0 Å². The van der Waals surface area contributed by atoms with E-state index in [1.807, 2.05) is 13.8 Å². The first-order chi connectivity index (χ1) is 16.2. The van der Waals surface area contributed by atoms with Gasteiger partial charge in [-0.25, -0.2) is 13.8 Å². The number of ether oxygens (including phenoxy) is 1. The number of sulfonamides is 1. The molecule has 0 unspecified atom stereocenters. The van der Waals surface area contributed by atoms with Crippen LogP contribution in [0.2, 0.25) is 5.02 Å². The van der Waals surface area contributed by atoms with Gasteiger partial charge in [0.05, 0.1) is 22.9 Å². The Labute approximate surface area is 205 Å². The number of rotatable bonds is 9. The van der Waals surface area contributed by atoms with Gasteiger partial charge in [0.2, 0.25) is 0 Å². The van der Waals surface area contributed by atoms with Crippen molar-refractivity contribution in [3.05, 3.63) is 88.9 Å². The SMILES string of the molecule is CCOc1ccc(N(CC(=O)N/N=C(/C)c2ccc(Cl)cc2)S(=O)(=O)c2ccc(C)cc2)cc1. The Hall–Kier alpha value is -3.36. The van der Waals surface area contributed by atoms with Gasteiger partial charge in [-0.05, 0) is 74.9 Å². The van der Waals surface area contributed by atoms with Gasteiger partial charge in [0.25, 0.3) is 15.9 Å². The molecule has 3 aromatic rings. The van der Waals surface area contributed by atoms with Gasteiger partial charge in [0, 0.05) is 5.02 Å². The number of carbonyl (C=O) groups excluding carboxylic acids is 1. The Kier molecular flexibility index (Phi) is 8.31. The van der Waals surface area contributed by atoms with E-state index in [4.69, 9.17) is 16.3 Å². The van der Waals surface area contributed by atoms with Crippen molar-refractivity contribution in [2.24, 2.45) is 5.10 Å². The van der Waals surface area contributed by atoms with Gasteiger partial charge in [-0.3, -0.25) is 9.10 Å². The number of halogens is 1. The lowest BCUT2D eigenvalue weighted by Crippen LogP contribution is -2.39. The summed E-state index contributed by atoms with van der Waals surface area (Å²) in [7, 11) is -4.02. The second kappa shape index (κ2) is 11.2. The van der Waals surface area contributed by atoms with E-state index in [0.717, 1.165) is 15.4 Å². The van der Waals surface area contributed by atoms with E-state index in [2.05, 4.69) is 10.5 Å². The average molecular weight is 500 g/mol. The number of hydrazone groups is 1. The van der Waals surface area contributed by atoms with Crippen LogP contribution >= 0.6 is 11.6 Å². The first kappa shape index (κ1) is 25.3. The zero-order valence-corrected chi connectivity index (χ0v) is 20.7. The van der Waals surface area contributed by atoms with Crippen LogP contribution < -0.4 is 14.5 Å². The Balaban J connectivity index is 1.87. The van der Waals surface area contributed by atoms with Gasteiger partial charge in [-0.2, -0.15) is 5.10 Å². The van der Waals surface area contributed by atoms with Crippen molar-refractivity contribution in [1.29, 1.82) is 0 Å². The third-order valence-corrected chi connectivity index (χ3v) is 6.98. The van der Waals surface area contributed by atoms with Crippen molar-refractivity contribution in [3.63, 3.8) is 0 Å². The van der Waals surface area contributed by atoms with Crippen LogP contribution in [-0.2, 0) is 14.8 Å². The zero-order valence-electron chi connectivity index (χ0n) is 19.2. The van der Waals surface area contributed by atoms with Crippen molar-refractivity contribution >= 4 is 38.9 Å². The standard InChI is InChI=1S/C25H26ClN3O4S/c1-4-33-23-13-11-22(12-14-23)29(34(31,32)24-15-5-18(2)6-16-24)17-25(30)28-27-19(3)20-7-9-21(26)10-8-20/h5-16H,4,17H2,1-3H3,(H,28,30)/b27-19-. The zero-order chi connectivity index (χ0) is 24.7. The number of amides is 1. The van der Waals surface area contributed by atoms with Crippen LogP contribution in [0.5, 0.6) is 5.75 Å². The summed E-state index contributed by atoms with van der Waals surface area (Å²) in [5.74, 6) is 0.0180. The Morgan fingerprint density at radius 3 is 2.21 bits per heavy atom. The number of anilines is 1. The minimum Gasteiger partial charge on any atom is -0.494 e. The van der Waals surface area contributed by atoms with E-state index < -0.39 is 22.5 Å². The van der Waals surface area contributed by atoms with E-state index in [0.29, 0.717) is 28.8 Å². The molecule has 0 aliphatic heterocycles. The lowest BCUT2D eigenvalue weighted by atomic mass is 10.1. The summed E-state index contributed by atoms with van der Waals surface area (Å²) in [4.78, 5) is 12.8. The maximum absolute atomic E-state index is 13.4. The van der Waals surface area contributed by atoms with E-state index in [1.165, 1.54) is 12.1 Å². The fraction of sp³-hybridized carbons (Fsp3) is 0.200. The minimum atomic E-state index is -4.02. The highest BCUT2D eigenvalue weighted by atomic mass is 35.5. The normalized spacial score (nSPS) is 11.7. The molecule has 0 saturated carbocycles. The van der Waals surface area contributed by atoms with E-state index in [9.17, 15) is 13.2 Å². The number of hydrogen-bond acceptors (Lipinski definition) is 5. The molecule has 0 atom stereocenters. The van der Waals surface area contributed by atoms with Crippen molar-refractivity contribution in [1.82, 2.24) is 5.43 Å². The summed E-state index contributed by atoms with van der Waals surface area (Å²) >= 11 is 5.91. The van der Waals surface area contributed by atoms with Crippen molar-refractivity contribution in [3.8, 4) is 5.75 Å². The van der Waals surface area contributed by atoms with Crippen LogP contribution in [-0.4, -0.2) is 33.2 Å². The molecule has 1 N–H and O–H groups in total. The summed E-state index contributed by atoms with van der Waals surface area (Å²) < 4.78 is 33.4. The molecule has 9 heteroatoms. The topological polar surface area (TPSA) is 88.1 Å². The van der Waals surface area contributed by atoms with Crippen LogP contribution in [0.25, 0.3) is 0 Å². The molecule has 34 heavy (non-hydrogen) atoms. The molecule has 1 amide bonds. The van der Waals surface area contributed by atoms with Crippen LogP contribution in [0.15, 0.2) is 82.8 Å². The molecule has 0 radical (unpaired) electrons. The summed E-state index contributed by atoms with van der Waals surface area (Å²) in [5.41, 5.74) is 5.04. The van der Waals surface area contributed by atoms with Gasteiger partial charge < -0.3 is 4.74 Å². The molecule has 0 aliphatic carbocycles. The highest BCUT2D eigenvalue weighted by molar-refractivity contribution is 7.92. The lowest BCUT2D eigenvalue weighted by molar-refractivity contribution is -0.119. The highest BCUT2D eigenvalue weighted by Gasteiger charge is 2.27. The van der Waals surface area contributed by atoms with Gasteiger partial charge >= 0.3 is 0 Å². The van der Waals surface area contributed by atoms with Crippen LogP contribution in [0, 0.1) is 6.92 Å². The summed E-state index contributed by atoms with van der Waals surface area (Å²) in [6.45, 7) is 5.49. The molecule has 0 fully saturated rings. The number of nitrogens with one attached hydrogen (secondary N) is 1. The summed E-state index contributed by atoms with van der Waals surface area (Å²) in [6, 6.07) is 20.0. The lowest BCUT2D eigenvalue weighted by Gasteiger charge is -2.24. The smallest absolute Gasteiger partial charge is 0.264 e. The van der Waals surface area contributed by atoms with Crippen LogP contribution in [0.3, 0.4) is 0 Å². The molecule has 0 bridgehead atoms. The largest absolute Gasteiger partial charge is 0.494 e. The molecule has 0 aromatic heterocycles. The maximum Gasteiger partial charge on any atom is 0.264 e. The molecule has 7 nitrogen and oxygen atoms in total. The van der Waals surface area contributed by atoms with Crippen LogP contribution in [0.4, 0.5) is 5.69 Å². The molecule has 178 valence electrons. The number of aryl methyl sites for hydroxylation is 1. The van der Waals surface area contributed by atoms with Gasteiger partial charge in [0.15, 0.2) is 0 Å². The Morgan fingerprint density at radius 2 is 1.62 bits per heavy atom. The fourth-order valence-electron chi connectivity index (χ4n) is 3.10. The number of nitrogens with zero attached hydrogens (tertiary/aromatic N) is 2. The predicted molar refractivity (Wildman–Crippen MR) is 135 cm³/mol. The van der Waals surface area contributed by atoms with Crippen molar-refractivity contribution in [2.75, 3.05) is 17.5 Å². The van der Waals surface area contributed by atoms with Crippen molar-refractivity contribution in [2.45, 2.75) is 25.7 Å². The average Bonchev–Trinajstić information content (AvgIpc) is 2.82. The quantitative estimate of drug-likeness (QED) is 0.339. The Morgan fingerprint density at radius 1 is 1.00 bits per heavy atom. The van der Waals surface area contributed by atoms with Crippen molar-refractivity contribution < 1.29 is 17.9 Å². The third kappa shape index (κ3) is 6.36. The number of benzene rings is 3. The van der Waals surface area contributed by atoms with E-state index in [-0.39, 0.29) is 4.90 Å². The molecule has 0 heterocycles. The molecule has 3 rings (SSSR count). The first-order valence-electron chi connectivity index (χ1n) is 10.6. The fourth-order valence-corrected chi connectivity index (χ4v) is 4.64. The monoisotopic (exact) mass is 499 g/mol. The molecule has 0 aliphatic rings. The minimum absolute atomic E-state index is 0.0839. The molecule has 0 spiro atoms. The predicted octanol–water partition coefficient (Wildman–Crippen LogP) is 4.78. The third-order valence-electron chi connectivity index (χ3n) is 4.94. The number of carbonyl (C=O) groups is 1. The Bertz CT molecular complexity index is 1260. The van der Waals surface area contributed by atoms with E-state index >= 15 is 0 Å². The molecule has 0 saturated heterocycles. The second-order valence-corrected chi connectivity index (χ2v) is 9.79. The maximum atomic E-state index is 13.4. The van der Waals surface area contributed by atoms with Crippen LogP contribution in [0.1, 0.15) is 25.0 Å². The second-order valence-electron chi connectivity index (χ2n) is 7.49. The van der Waals surface area contributed by atoms with E-state index in [1.54, 1.807) is 67.6 Å². The first-order valence-corrected chi connectivity index (χ1v) is 12.4. The molecular weight excluding hydrogens is 474 g/mol. The molecule has 3 aromatic carbocycles. The van der Waals surface area contributed by atoms with Gasteiger partial charge in [-0.1, -0.05) is 41.4 Å². The van der Waals surface area contributed by atoms with Gasteiger partial charge in [0.1, 0.15) is 12.3 Å². The summed E-state index contributed by atoms with van der Waals surface area (Å²) in [5, 5.41) is 4.70. The number of hydrogen-bond donors (Lipinski definition) is 1. The summed E-state index contributed by atoms with van der Waals surface area (Å²) in [6.07, 6.45) is 0.